The van der Waals surface area contributed by atoms with Gasteiger partial charge in [0, 0.05) is 11.8 Å². The number of benzene rings is 1. The lowest BCUT2D eigenvalue weighted by Gasteiger charge is -2.12. The molecule has 0 aliphatic rings. The van der Waals surface area contributed by atoms with Gasteiger partial charge in [-0.3, -0.25) is 0 Å². The molecule has 0 aliphatic heterocycles. The molecule has 1 heterocycles. The molecule has 0 aliphatic carbocycles. The van der Waals surface area contributed by atoms with E-state index < -0.39 is 0 Å². The van der Waals surface area contributed by atoms with Crippen molar-refractivity contribution in [3.63, 3.8) is 0 Å². The zero-order valence-corrected chi connectivity index (χ0v) is 11.2. The Bertz CT molecular complexity index is 573. The SMILES string of the molecule is COc1cc(C)c(-c2ccnc(Cl)n2)cc1OC. The highest BCUT2D eigenvalue weighted by Gasteiger charge is 2.11. The Hall–Kier alpha value is -1.81. The molecule has 2 rings (SSSR count). The molecule has 94 valence electrons. The smallest absolute Gasteiger partial charge is 0.222 e. The first-order valence-corrected chi connectivity index (χ1v) is 5.75. The van der Waals surface area contributed by atoms with Crippen LogP contribution in [0.15, 0.2) is 24.4 Å². The molecule has 4 nitrogen and oxygen atoms in total. The van der Waals surface area contributed by atoms with Crippen LogP contribution < -0.4 is 9.47 Å². The summed E-state index contributed by atoms with van der Waals surface area (Å²) in [6.45, 7) is 1.98. The Morgan fingerprint density at radius 2 is 1.78 bits per heavy atom. The molecule has 1 aromatic carbocycles. The fourth-order valence-electron chi connectivity index (χ4n) is 1.74. The van der Waals surface area contributed by atoms with Gasteiger partial charge in [0.1, 0.15) is 0 Å². The number of nitrogens with zero attached hydrogens (tertiary/aromatic N) is 2. The summed E-state index contributed by atoms with van der Waals surface area (Å²) in [5, 5.41) is 0.224. The third-order valence-corrected chi connectivity index (χ3v) is 2.81. The molecule has 18 heavy (non-hydrogen) atoms. The second-order valence-electron chi connectivity index (χ2n) is 3.73. The fourth-order valence-corrected chi connectivity index (χ4v) is 1.89. The lowest BCUT2D eigenvalue weighted by molar-refractivity contribution is 0.355. The zero-order chi connectivity index (χ0) is 13.1. The van der Waals surface area contributed by atoms with Crippen LogP contribution in [0.2, 0.25) is 5.28 Å². The van der Waals surface area contributed by atoms with Crippen molar-refractivity contribution < 1.29 is 9.47 Å². The van der Waals surface area contributed by atoms with Crippen LogP contribution in [0, 0.1) is 6.92 Å². The van der Waals surface area contributed by atoms with Crippen molar-refractivity contribution in [1.82, 2.24) is 9.97 Å². The van der Waals surface area contributed by atoms with Crippen LogP contribution in [-0.2, 0) is 0 Å². The van der Waals surface area contributed by atoms with Gasteiger partial charge in [-0.2, -0.15) is 0 Å². The van der Waals surface area contributed by atoms with Crippen molar-refractivity contribution in [2.24, 2.45) is 0 Å². The van der Waals surface area contributed by atoms with E-state index in [1.807, 2.05) is 19.1 Å². The number of aromatic nitrogens is 2. The maximum absolute atomic E-state index is 5.80. The Labute approximate surface area is 111 Å². The zero-order valence-electron chi connectivity index (χ0n) is 10.4. The number of methoxy groups -OCH3 is 2. The summed E-state index contributed by atoms with van der Waals surface area (Å²) in [6, 6.07) is 5.59. The predicted octanol–water partition coefficient (Wildman–Crippen LogP) is 3.12. The largest absolute Gasteiger partial charge is 0.493 e. The first-order valence-electron chi connectivity index (χ1n) is 5.37. The summed E-state index contributed by atoms with van der Waals surface area (Å²) in [4.78, 5) is 8.06. The molecule has 0 spiro atoms. The summed E-state index contributed by atoms with van der Waals surface area (Å²) < 4.78 is 10.5. The molecule has 5 heteroatoms. The number of ether oxygens (including phenoxy) is 2. The van der Waals surface area contributed by atoms with E-state index in [1.165, 1.54) is 0 Å². The minimum Gasteiger partial charge on any atom is -0.493 e. The van der Waals surface area contributed by atoms with Gasteiger partial charge in [-0.15, -0.1) is 0 Å². The van der Waals surface area contributed by atoms with Crippen LogP contribution in [-0.4, -0.2) is 24.2 Å². The molecule has 0 atom stereocenters. The van der Waals surface area contributed by atoms with Crippen molar-refractivity contribution in [3.8, 4) is 22.8 Å². The van der Waals surface area contributed by atoms with E-state index >= 15 is 0 Å². The highest BCUT2D eigenvalue weighted by molar-refractivity contribution is 6.28. The average Bonchev–Trinajstić information content (AvgIpc) is 2.38. The minimum absolute atomic E-state index is 0.224. The molecule has 0 radical (unpaired) electrons. The highest BCUT2D eigenvalue weighted by atomic mass is 35.5. The molecule has 0 bridgehead atoms. The molecule has 0 N–H and O–H groups in total. The lowest BCUT2D eigenvalue weighted by atomic mass is 10.0. The van der Waals surface area contributed by atoms with Gasteiger partial charge < -0.3 is 9.47 Å². The molecule has 0 saturated carbocycles. The summed E-state index contributed by atoms with van der Waals surface area (Å²) in [6.07, 6.45) is 1.63. The first kappa shape index (κ1) is 12.6. The van der Waals surface area contributed by atoms with Crippen molar-refractivity contribution in [2.75, 3.05) is 14.2 Å². The summed E-state index contributed by atoms with van der Waals surface area (Å²) in [5.41, 5.74) is 2.73. The van der Waals surface area contributed by atoms with Crippen LogP contribution in [0.5, 0.6) is 11.5 Å². The Kier molecular flexibility index (Phi) is 3.67. The maximum Gasteiger partial charge on any atom is 0.222 e. The summed E-state index contributed by atoms with van der Waals surface area (Å²) >= 11 is 5.80. The topological polar surface area (TPSA) is 44.2 Å². The highest BCUT2D eigenvalue weighted by Crippen LogP contribution is 2.34. The van der Waals surface area contributed by atoms with Gasteiger partial charge >= 0.3 is 0 Å². The average molecular weight is 265 g/mol. The van der Waals surface area contributed by atoms with E-state index in [9.17, 15) is 0 Å². The molecular formula is C13H13ClN2O2. The van der Waals surface area contributed by atoms with Crippen LogP contribution in [0.3, 0.4) is 0 Å². The third-order valence-electron chi connectivity index (χ3n) is 2.63. The molecule has 0 amide bonds. The number of hydrogen-bond donors (Lipinski definition) is 0. The van der Waals surface area contributed by atoms with Crippen molar-refractivity contribution in [2.45, 2.75) is 6.92 Å². The lowest BCUT2D eigenvalue weighted by Crippen LogP contribution is -1.95. The molecule has 2 aromatic rings. The molecule has 0 fully saturated rings. The van der Waals surface area contributed by atoms with Crippen molar-refractivity contribution in [3.05, 3.63) is 35.2 Å². The second-order valence-corrected chi connectivity index (χ2v) is 4.07. The summed E-state index contributed by atoms with van der Waals surface area (Å²) in [7, 11) is 3.21. The molecule has 1 aromatic heterocycles. The monoisotopic (exact) mass is 264 g/mol. The van der Waals surface area contributed by atoms with Crippen LogP contribution in [0.1, 0.15) is 5.56 Å². The van der Waals surface area contributed by atoms with E-state index in [2.05, 4.69) is 9.97 Å². The van der Waals surface area contributed by atoms with Gasteiger partial charge in [-0.25, -0.2) is 9.97 Å². The van der Waals surface area contributed by atoms with E-state index in [1.54, 1.807) is 26.5 Å². The Balaban J connectivity index is 2.57. The van der Waals surface area contributed by atoms with Gasteiger partial charge in [0.2, 0.25) is 5.28 Å². The van der Waals surface area contributed by atoms with E-state index in [0.29, 0.717) is 11.5 Å². The van der Waals surface area contributed by atoms with E-state index in [0.717, 1.165) is 16.8 Å². The van der Waals surface area contributed by atoms with E-state index in [-0.39, 0.29) is 5.28 Å². The second kappa shape index (κ2) is 5.23. The maximum atomic E-state index is 5.80. The molecule has 0 saturated heterocycles. The van der Waals surface area contributed by atoms with E-state index in [4.69, 9.17) is 21.1 Å². The molecular weight excluding hydrogens is 252 g/mol. The first-order chi connectivity index (χ1) is 8.65. The predicted molar refractivity (Wildman–Crippen MR) is 70.3 cm³/mol. The van der Waals surface area contributed by atoms with Gasteiger partial charge in [0.15, 0.2) is 11.5 Å². The number of rotatable bonds is 3. The van der Waals surface area contributed by atoms with Gasteiger partial charge in [-0.1, -0.05) is 0 Å². The number of aryl methyl sites for hydroxylation is 1. The van der Waals surface area contributed by atoms with Crippen LogP contribution in [0.25, 0.3) is 11.3 Å². The number of halogens is 1. The Morgan fingerprint density at radius 3 is 2.39 bits per heavy atom. The third kappa shape index (κ3) is 2.38. The minimum atomic E-state index is 0.224. The molecule has 0 unspecified atom stereocenters. The van der Waals surface area contributed by atoms with Gasteiger partial charge in [0.05, 0.1) is 19.9 Å². The summed E-state index contributed by atoms with van der Waals surface area (Å²) in [5.74, 6) is 1.35. The number of hydrogen-bond acceptors (Lipinski definition) is 4. The van der Waals surface area contributed by atoms with Crippen LogP contribution >= 0.6 is 11.6 Å². The van der Waals surface area contributed by atoms with Gasteiger partial charge in [0.25, 0.3) is 0 Å². The Morgan fingerprint density at radius 1 is 1.11 bits per heavy atom. The quantitative estimate of drug-likeness (QED) is 0.799. The van der Waals surface area contributed by atoms with Crippen LogP contribution in [0.4, 0.5) is 0 Å². The van der Waals surface area contributed by atoms with Crippen molar-refractivity contribution >= 4 is 11.6 Å². The standard InChI is InChI=1S/C13H13ClN2O2/c1-8-6-11(17-2)12(18-3)7-9(8)10-4-5-15-13(14)16-10/h4-7H,1-3H3. The fraction of sp³-hybridized carbons (Fsp3) is 0.231. The van der Waals surface area contributed by atoms with Gasteiger partial charge in [-0.05, 0) is 42.3 Å². The van der Waals surface area contributed by atoms with Crippen molar-refractivity contribution in [1.29, 1.82) is 0 Å². The normalized spacial score (nSPS) is 10.2.